The Morgan fingerprint density at radius 2 is 0.851 bits per heavy atom. The summed E-state index contributed by atoms with van der Waals surface area (Å²) in [4.78, 5) is 28.4. The molecule has 3 N–H and O–H groups in total. The number of hydrogen-bond donors (Lipinski definition) is 3. The van der Waals surface area contributed by atoms with Crippen molar-refractivity contribution in [2.24, 2.45) is 0 Å². The van der Waals surface area contributed by atoms with Crippen LogP contribution in [-0.2, 0) is 32.1 Å². The summed E-state index contributed by atoms with van der Waals surface area (Å²) in [5, 5.41) is 10.3. The molecule has 4 aliphatic carbocycles. The molecule has 3 heterocycles. The Balaban J connectivity index is 0.000000128. The van der Waals surface area contributed by atoms with Crippen molar-refractivity contribution in [3.63, 3.8) is 0 Å². The molecule has 3 unspecified atom stereocenters. The van der Waals surface area contributed by atoms with Crippen molar-refractivity contribution in [3.8, 4) is 45.3 Å². The van der Waals surface area contributed by atoms with Crippen LogP contribution in [0.25, 0.3) is 33.8 Å². The van der Waals surface area contributed by atoms with Crippen molar-refractivity contribution >= 4 is 17.8 Å². The van der Waals surface area contributed by atoms with Crippen LogP contribution >= 0.6 is 0 Å². The second kappa shape index (κ2) is 29.2. The van der Waals surface area contributed by atoms with E-state index in [1.807, 2.05) is 97.5 Å². The largest absolute Gasteiger partial charge is 0.493 e. The zero-order chi connectivity index (χ0) is 64.3. The van der Waals surface area contributed by atoms with Gasteiger partial charge in [-0.2, -0.15) is 0 Å². The number of hydrogen-bond acceptors (Lipinski definition) is 11. The third kappa shape index (κ3) is 14.4. The average molecular weight is 1250 g/mol. The number of fused-ring (bicyclic) bond motifs is 9. The summed E-state index contributed by atoms with van der Waals surface area (Å²) in [5.74, 6) is 3.14. The lowest BCUT2D eigenvalue weighted by Gasteiger charge is -2.28. The van der Waals surface area contributed by atoms with Gasteiger partial charge in [-0.15, -0.1) is 0 Å². The van der Waals surface area contributed by atoms with Gasteiger partial charge in [0.1, 0.15) is 17.5 Å². The van der Waals surface area contributed by atoms with Crippen LogP contribution in [0.15, 0.2) is 207 Å². The first-order valence-electron chi connectivity index (χ1n) is 32.7. The van der Waals surface area contributed by atoms with Crippen LogP contribution in [0.2, 0.25) is 0 Å². The van der Waals surface area contributed by atoms with Gasteiger partial charge in [0.2, 0.25) is 17.8 Å². The molecule has 474 valence electrons. The minimum atomic E-state index is -0.222. The van der Waals surface area contributed by atoms with Gasteiger partial charge < -0.3 is 25.4 Å². The molecule has 0 radical (unpaired) electrons. The van der Waals surface area contributed by atoms with Crippen molar-refractivity contribution in [1.82, 2.24) is 29.9 Å². The van der Waals surface area contributed by atoms with E-state index in [0.29, 0.717) is 30.9 Å². The Labute approximate surface area is 548 Å². The first-order chi connectivity index (χ1) is 46.1. The molecule has 3 aromatic heterocycles. The average Bonchev–Trinajstić information content (AvgIpc) is 0.950. The van der Waals surface area contributed by atoms with Gasteiger partial charge in [-0.25, -0.2) is 43.1 Å². The van der Waals surface area contributed by atoms with E-state index in [4.69, 9.17) is 24.4 Å². The summed E-state index contributed by atoms with van der Waals surface area (Å²) in [7, 11) is 3.27. The highest BCUT2D eigenvalue weighted by molar-refractivity contribution is 5.75. The molecule has 0 aliphatic heterocycles. The fourth-order valence-corrected chi connectivity index (χ4v) is 13.7. The van der Waals surface area contributed by atoms with Crippen LogP contribution in [0.1, 0.15) is 123 Å². The van der Waals surface area contributed by atoms with Crippen molar-refractivity contribution in [2.75, 3.05) is 43.3 Å². The molecule has 4 aliphatic rings. The van der Waals surface area contributed by atoms with Gasteiger partial charge in [-0.05, 0) is 156 Å². The van der Waals surface area contributed by atoms with E-state index in [2.05, 4.69) is 111 Å². The second-order valence-electron chi connectivity index (χ2n) is 24.7. The maximum atomic E-state index is 14.6. The molecule has 1 fully saturated rings. The third-order valence-electron chi connectivity index (χ3n) is 18.6. The number of halogens is 3. The van der Waals surface area contributed by atoms with Crippen molar-refractivity contribution < 1.29 is 22.6 Å². The zero-order valence-corrected chi connectivity index (χ0v) is 53.3. The first kappa shape index (κ1) is 62.6. The fourth-order valence-electron chi connectivity index (χ4n) is 13.7. The quantitative estimate of drug-likeness (QED) is 0.0848. The summed E-state index contributed by atoms with van der Waals surface area (Å²) in [6.07, 6.45) is 17.4. The van der Waals surface area contributed by atoms with E-state index in [1.54, 1.807) is 32.4 Å². The lowest BCUT2D eigenvalue weighted by Crippen LogP contribution is -2.21. The molecule has 0 saturated heterocycles. The molecule has 0 spiro atoms. The maximum absolute atomic E-state index is 14.6. The normalized spacial score (nSPS) is 15.8. The van der Waals surface area contributed by atoms with E-state index in [1.165, 1.54) is 79.0 Å². The Hall–Kier alpha value is -10.2. The highest BCUT2D eigenvalue weighted by Crippen LogP contribution is 2.45. The molecule has 11 nitrogen and oxygen atoms in total. The van der Waals surface area contributed by atoms with Gasteiger partial charge >= 0.3 is 0 Å². The Morgan fingerprint density at radius 1 is 0.426 bits per heavy atom. The summed E-state index contributed by atoms with van der Waals surface area (Å²) >= 11 is 0. The predicted octanol–water partition coefficient (Wildman–Crippen LogP) is 17.7. The number of aryl methyl sites for hydroxylation is 1. The molecule has 3 atom stereocenters. The molecule has 11 aromatic rings. The van der Waals surface area contributed by atoms with E-state index in [9.17, 15) is 13.2 Å². The van der Waals surface area contributed by atoms with Gasteiger partial charge in [0, 0.05) is 72.2 Å². The molecule has 14 heteroatoms. The number of anilines is 3. The summed E-state index contributed by atoms with van der Waals surface area (Å²) in [5.41, 5.74) is 19.8. The number of nitrogens with zero attached hydrogens (tertiary/aromatic N) is 6. The molecule has 94 heavy (non-hydrogen) atoms. The molecular weight excluding hydrogens is 1180 g/mol. The highest BCUT2D eigenvalue weighted by Gasteiger charge is 2.31. The SMILES string of the molecule is COc1ccc(CCNc2ncc3c(n2)-c2ccccc2C(c2ccc(F)cc2)C3)cc1OC.Cc1ccc(CCNc2ncc3c(n2)-c2ccccc2C(c2ccccc2F)C3)cc1.Fc1ccc(C2Cc3cnc(NC4CCCCCC4)nc3-c3ccccc32)cc1. The standard InChI is InChI=1S/C28H26FN3O2.C27H24FN3.C25H26FN3/c1-33-25-12-7-18(15-26(25)34-2)13-14-30-28-31-17-20-16-24(19-8-10-21(29)11-9-19)22-5-3-4-6-23(22)27(20)32-28;1-18-10-12-19(13-11-18)14-15-29-27-30-17-20-16-24(22-7-4-5-9-25(22)28)21-6-2-3-8-23(21)26(20)31-27;26-19-13-11-17(12-14-19)23-15-18-16-27-25(28-20-7-3-1-2-4-8-20)29-24(18)22-10-6-5-9-21(22)23/h3-12,15,17,24H,13-14,16H2,1-2H3,(H,30,31,32);2-13,17,24H,14-16H2,1H3,(H,29,30,31);5-6,9-14,16,20,23H,1-4,7-8,15H2,(H,27,28,29). The van der Waals surface area contributed by atoms with E-state index >= 15 is 0 Å². The maximum Gasteiger partial charge on any atom is 0.223 e. The number of rotatable bonds is 15. The lowest BCUT2D eigenvalue weighted by molar-refractivity contribution is 0.354. The van der Waals surface area contributed by atoms with Crippen LogP contribution in [-0.4, -0.2) is 63.3 Å². The first-order valence-corrected chi connectivity index (χ1v) is 32.7. The van der Waals surface area contributed by atoms with Crippen LogP contribution < -0.4 is 25.4 Å². The second-order valence-corrected chi connectivity index (χ2v) is 24.7. The zero-order valence-electron chi connectivity index (χ0n) is 53.3. The molecule has 8 aromatic carbocycles. The number of benzene rings is 8. The van der Waals surface area contributed by atoms with Gasteiger partial charge in [0.15, 0.2) is 11.5 Å². The van der Waals surface area contributed by atoms with Gasteiger partial charge in [0.25, 0.3) is 0 Å². The Kier molecular flexibility index (Phi) is 19.4. The van der Waals surface area contributed by atoms with Crippen molar-refractivity contribution in [2.45, 2.75) is 101 Å². The topological polar surface area (TPSA) is 132 Å². The summed E-state index contributed by atoms with van der Waals surface area (Å²) < 4.78 is 52.2. The predicted molar refractivity (Wildman–Crippen MR) is 368 cm³/mol. The van der Waals surface area contributed by atoms with Crippen molar-refractivity contribution in [3.05, 3.63) is 291 Å². The highest BCUT2D eigenvalue weighted by atomic mass is 19.1. The minimum absolute atomic E-state index is 0.0335. The molecule has 0 amide bonds. The smallest absolute Gasteiger partial charge is 0.223 e. The number of aromatic nitrogens is 6. The lowest BCUT2D eigenvalue weighted by atomic mass is 9.78. The van der Waals surface area contributed by atoms with Gasteiger partial charge in [-0.3, -0.25) is 0 Å². The monoisotopic (exact) mass is 1250 g/mol. The van der Waals surface area contributed by atoms with E-state index < -0.39 is 0 Å². The fraction of sp³-hybridized carbons (Fsp3) is 0.250. The van der Waals surface area contributed by atoms with Crippen LogP contribution in [0, 0.1) is 24.4 Å². The minimum Gasteiger partial charge on any atom is -0.493 e. The van der Waals surface area contributed by atoms with Gasteiger partial charge in [-0.1, -0.05) is 177 Å². The van der Waals surface area contributed by atoms with E-state index in [0.717, 1.165) is 128 Å². The molecule has 0 bridgehead atoms. The van der Waals surface area contributed by atoms with Gasteiger partial charge in [0.05, 0.1) is 31.3 Å². The van der Waals surface area contributed by atoms with Crippen LogP contribution in [0.4, 0.5) is 31.0 Å². The Bertz CT molecular complexity index is 4410. The Morgan fingerprint density at radius 3 is 1.35 bits per heavy atom. The van der Waals surface area contributed by atoms with Crippen LogP contribution in [0.5, 0.6) is 11.5 Å². The van der Waals surface area contributed by atoms with E-state index in [-0.39, 0.29) is 35.2 Å². The summed E-state index contributed by atoms with van der Waals surface area (Å²) in [6, 6.07) is 60.6. The van der Waals surface area contributed by atoms with Crippen LogP contribution in [0.3, 0.4) is 0 Å². The number of methoxy groups -OCH3 is 2. The molecular formula is C80H76F3N9O2. The number of nitrogens with one attached hydrogen (secondary N) is 3. The molecule has 1 saturated carbocycles. The summed E-state index contributed by atoms with van der Waals surface area (Å²) in [6.45, 7) is 3.55. The number of ether oxygens (including phenoxy) is 2. The third-order valence-corrected chi connectivity index (χ3v) is 18.6. The molecule has 15 rings (SSSR count). The van der Waals surface area contributed by atoms with Crippen molar-refractivity contribution in [1.29, 1.82) is 0 Å².